The zero-order valence-electron chi connectivity index (χ0n) is 10.5. The van der Waals surface area contributed by atoms with E-state index in [0.29, 0.717) is 5.92 Å². The van der Waals surface area contributed by atoms with Crippen LogP contribution in [0.4, 0.5) is 0 Å². The Bertz CT molecular complexity index is 531. The van der Waals surface area contributed by atoms with Crippen LogP contribution in [0.2, 0.25) is 0 Å². The zero-order chi connectivity index (χ0) is 12.6. The summed E-state index contributed by atoms with van der Waals surface area (Å²) in [7, 11) is 0. The number of rotatable bonds is 3. The SMILES string of the molecule is Cc1ccc2c(C(N)CO)nc(C(C)C)n2c1. The smallest absolute Gasteiger partial charge is 0.116 e. The third kappa shape index (κ3) is 2.06. The fourth-order valence-electron chi connectivity index (χ4n) is 2.01. The molecule has 2 heterocycles. The maximum absolute atomic E-state index is 9.18. The van der Waals surface area contributed by atoms with E-state index in [1.807, 2.05) is 12.1 Å². The van der Waals surface area contributed by atoms with Crippen molar-refractivity contribution in [3.05, 3.63) is 35.4 Å². The summed E-state index contributed by atoms with van der Waals surface area (Å²) in [5, 5.41) is 9.18. The van der Waals surface area contributed by atoms with Crippen LogP contribution in [0.25, 0.3) is 5.52 Å². The lowest BCUT2D eigenvalue weighted by atomic mass is 10.2. The van der Waals surface area contributed by atoms with Gasteiger partial charge < -0.3 is 15.2 Å². The summed E-state index contributed by atoms with van der Waals surface area (Å²) in [5.74, 6) is 1.31. The highest BCUT2D eigenvalue weighted by Gasteiger charge is 2.17. The van der Waals surface area contributed by atoms with E-state index in [1.54, 1.807) is 0 Å². The minimum Gasteiger partial charge on any atom is -0.394 e. The Morgan fingerprint density at radius 1 is 1.41 bits per heavy atom. The number of nitrogens with two attached hydrogens (primary N) is 1. The number of aliphatic hydroxyl groups excluding tert-OH is 1. The van der Waals surface area contributed by atoms with Crippen molar-refractivity contribution in [2.24, 2.45) is 5.73 Å². The molecule has 1 atom stereocenters. The van der Waals surface area contributed by atoms with E-state index >= 15 is 0 Å². The van der Waals surface area contributed by atoms with Gasteiger partial charge in [-0.1, -0.05) is 19.9 Å². The van der Waals surface area contributed by atoms with Crippen LogP contribution in [-0.2, 0) is 0 Å². The number of imidazole rings is 1. The molecule has 0 radical (unpaired) electrons. The molecule has 1 unspecified atom stereocenters. The fraction of sp³-hybridized carbons (Fsp3) is 0.462. The van der Waals surface area contributed by atoms with Gasteiger partial charge in [-0.05, 0) is 18.6 Å². The molecule has 2 aromatic heterocycles. The first-order chi connectivity index (χ1) is 8.04. The molecule has 0 aromatic carbocycles. The van der Waals surface area contributed by atoms with Gasteiger partial charge in [0.2, 0.25) is 0 Å². The van der Waals surface area contributed by atoms with E-state index in [9.17, 15) is 5.11 Å². The summed E-state index contributed by atoms with van der Waals surface area (Å²) in [6.07, 6.45) is 2.06. The summed E-state index contributed by atoms with van der Waals surface area (Å²) in [5.41, 5.74) is 8.83. The van der Waals surface area contributed by atoms with Crippen LogP contribution in [0.5, 0.6) is 0 Å². The predicted molar refractivity (Wildman–Crippen MR) is 68.0 cm³/mol. The lowest BCUT2D eigenvalue weighted by Crippen LogP contribution is -2.15. The lowest BCUT2D eigenvalue weighted by molar-refractivity contribution is 0.266. The molecule has 2 aromatic rings. The van der Waals surface area contributed by atoms with Gasteiger partial charge in [0, 0.05) is 12.1 Å². The van der Waals surface area contributed by atoms with E-state index in [-0.39, 0.29) is 6.61 Å². The van der Waals surface area contributed by atoms with Crippen LogP contribution in [0.1, 0.15) is 42.9 Å². The van der Waals surface area contributed by atoms with Crippen molar-refractivity contribution >= 4 is 5.52 Å². The molecule has 0 aliphatic heterocycles. The highest BCUT2D eigenvalue weighted by Crippen LogP contribution is 2.23. The lowest BCUT2D eigenvalue weighted by Gasteiger charge is -2.05. The number of nitrogens with zero attached hydrogens (tertiary/aromatic N) is 2. The van der Waals surface area contributed by atoms with Gasteiger partial charge in [-0.15, -0.1) is 0 Å². The van der Waals surface area contributed by atoms with Crippen LogP contribution in [0.15, 0.2) is 18.3 Å². The molecule has 92 valence electrons. The van der Waals surface area contributed by atoms with Gasteiger partial charge >= 0.3 is 0 Å². The van der Waals surface area contributed by atoms with Crippen molar-refractivity contribution in [2.75, 3.05) is 6.61 Å². The second-order valence-electron chi connectivity index (χ2n) is 4.76. The third-order valence-electron chi connectivity index (χ3n) is 2.90. The van der Waals surface area contributed by atoms with Crippen molar-refractivity contribution in [3.63, 3.8) is 0 Å². The molecule has 0 bridgehead atoms. The van der Waals surface area contributed by atoms with Crippen molar-refractivity contribution in [2.45, 2.75) is 32.7 Å². The molecule has 0 saturated heterocycles. The molecular formula is C13H19N3O. The van der Waals surface area contributed by atoms with Crippen LogP contribution >= 0.6 is 0 Å². The quantitative estimate of drug-likeness (QED) is 0.849. The van der Waals surface area contributed by atoms with Gasteiger partial charge in [0.25, 0.3) is 0 Å². The van der Waals surface area contributed by atoms with E-state index < -0.39 is 6.04 Å². The number of hydrogen-bond donors (Lipinski definition) is 2. The number of aliphatic hydroxyl groups is 1. The van der Waals surface area contributed by atoms with E-state index in [4.69, 9.17) is 5.73 Å². The van der Waals surface area contributed by atoms with Crippen LogP contribution in [0.3, 0.4) is 0 Å². The van der Waals surface area contributed by atoms with Gasteiger partial charge in [0.05, 0.1) is 23.9 Å². The van der Waals surface area contributed by atoms with Crippen molar-refractivity contribution < 1.29 is 5.11 Å². The zero-order valence-corrected chi connectivity index (χ0v) is 10.5. The largest absolute Gasteiger partial charge is 0.394 e. The Kier molecular flexibility index (Phi) is 3.17. The second kappa shape index (κ2) is 4.47. The maximum Gasteiger partial charge on any atom is 0.116 e. The first-order valence-electron chi connectivity index (χ1n) is 5.89. The maximum atomic E-state index is 9.18. The minimum atomic E-state index is -0.416. The van der Waals surface area contributed by atoms with Crippen LogP contribution < -0.4 is 5.73 Å². The van der Waals surface area contributed by atoms with Gasteiger partial charge in [-0.2, -0.15) is 0 Å². The summed E-state index contributed by atoms with van der Waals surface area (Å²) in [4.78, 5) is 4.58. The molecule has 0 saturated carbocycles. The Balaban J connectivity index is 2.70. The number of aromatic nitrogens is 2. The fourth-order valence-corrected chi connectivity index (χ4v) is 2.01. The molecule has 0 spiro atoms. The number of hydrogen-bond acceptors (Lipinski definition) is 3. The third-order valence-corrected chi connectivity index (χ3v) is 2.90. The highest BCUT2D eigenvalue weighted by atomic mass is 16.3. The Morgan fingerprint density at radius 2 is 2.12 bits per heavy atom. The number of aryl methyl sites for hydroxylation is 1. The summed E-state index contributed by atoms with van der Waals surface area (Å²) < 4.78 is 2.07. The molecule has 0 aliphatic rings. The Labute approximate surface area is 101 Å². The molecular weight excluding hydrogens is 214 g/mol. The molecule has 17 heavy (non-hydrogen) atoms. The molecule has 3 N–H and O–H groups in total. The highest BCUT2D eigenvalue weighted by molar-refractivity contribution is 5.55. The second-order valence-corrected chi connectivity index (χ2v) is 4.76. The predicted octanol–water partition coefficient (Wildman–Crippen LogP) is 1.76. The molecule has 0 amide bonds. The first-order valence-corrected chi connectivity index (χ1v) is 5.89. The van der Waals surface area contributed by atoms with Gasteiger partial charge in [-0.25, -0.2) is 4.98 Å². The summed E-state index contributed by atoms with van der Waals surface area (Å²) in [6, 6.07) is 3.63. The van der Waals surface area contributed by atoms with Crippen molar-refractivity contribution in [1.29, 1.82) is 0 Å². The van der Waals surface area contributed by atoms with Crippen molar-refractivity contribution in [3.8, 4) is 0 Å². The van der Waals surface area contributed by atoms with Gasteiger partial charge in [0.1, 0.15) is 5.82 Å². The standard InChI is InChI=1S/C13H19N3O/c1-8(2)13-15-12(10(14)7-17)11-5-4-9(3)6-16(11)13/h4-6,8,10,17H,7,14H2,1-3H3. The Hall–Kier alpha value is -1.39. The average molecular weight is 233 g/mol. The van der Waals surface area contributed by atoms with Crippen LogP contribution in [-0.4, -0.2) is 21.1 Å². The molecule has 0 fully saturated rings. The monoisotopic (exact) mass is 233 g/mol. The number of fused-ring (bicyclic) bond motifs is 1. The molecule has 4 nitrogen and oxygen atoms in total. The normalized spacial score (nSPS) is 13.5. The van der Waals surface area contributed by atoms with E-state index in [0.717, 1.165) is 17.0 Å². The van der Waals surface area contributed by atoms with Crippen LogP contribution in [0, 0.1) is 6.92 Å². The van der Waals surface area contributed by atoms with Gasteiger partial charge in [-0.3, -0.25) is 0 Å². The van der Waals surface area contributed by atoms with E-state index in [2.05, 4.69) is 36.4 Å². The summed E-state index contributed by atoms with van der Waals surface area (Å²) >= 11 is 0. The van der Waals surface area contributed by atoms with Crippen molar-refractivity contribution in [1.82, 2.24) is 9.38 Å². The molecule has 4 heteroatoms. The summed E-state index contributed by atoms with van der Waals surface area (Å²) in [6.45, 7) is 6.17. The van der Waals surface area contributed by atoms with Gasteiger partial charge in [0.15, 0.2) is 0 Å². The Morgan fingerprint density at radius 3 is 2.71 bits per heavy atom. The average Bonchev–Trinajstić information content (AvgIpc) is 2.66. The minimum absolute atomic E-state index is 0.0852. The first kappa shape index (κ1) is 12.1. The topological polar surface area (TPSA) is 63.5 Å². The number of pyridine rings is 1. The molecule has 2 rings (SSSR count). The molecule has 0 aliphatic carbocycles. The van der Waals surface area contributed by atoms with E-state index in [1.165, 1.54) is 5.56 Å².